The predicted molar refractivity (Wildman–Crippen MR) is 9.15 cm³/mol. The van der Waals surface area contributed by atoms with Gasteiger partial charge in [0.1, 0.15) is 0 Å². The Kier molecular flexibility index (Phi) is 28.9. The molecule has 0 aromatic rings. The van der Waals surface area contributed by atoms with Gasteiger partial charge in [-0.25, -0.2) is 0 Å². The Bertz CT molecular complexity index is 109. The topological polar surface area (TPSA) is 74.6 Å². The second-order valence-electron chi connectivity index (χ2n) is 0.415. The maximum absolute atomic E-state index is 8.80. The zero-order valence-corrected chi connectivity index (χ0v) is 11.4. The first-order valence-electron chi connectivity index (χ1n) is 0.647. The number of rotatable bonds is 0. The molecule has 0 atom stereocenters. The van der Waals surface area contributed by atoms with Crippen molar-refractivity contribution in [1.29, 1.82) is 0 Å². The number of hydrogen-bond donors (Lipinski definition) is 2. The van der Waals surface area contributed by atoms with E-state index in [1.807, 2.05) is 0 Å². The van der Waals surface area contributed by atoms with Crippen molar-refractivity contribution in [3.8, 4) is 0 Å². The minimum absolute atomic E-state index is 0. The summed E-state index contributed by atoms with van der Waals surface area (Å²) in [5, 5.41) is 0. The van der Waals surface area contributed by atoms with Crippen LogP contribution in [0.25, 0.3) is 0 Å². The number of hydrogen-bond acceptors (Lipinski definition) is 2. The first-order valence-corrected chi connectivity index (χ1v) is 2.67. The summed E-state index contributed by atoms with van der Waals surface area (Å²) >= 11 is -5.12. The monoisotopic (exact) mass is 193 g/mol. The van der Waals surface area contributed by atoms with Crippen molar-refractivity contribution in [1.82, 2.24) is 0 Å². The van der Waals surface area contributed by atoms with E-state index in [1.165, 1.54) is 0 Å². The molecule has 0 fully saturated rings. The summed E-state index contributed by atoms with van der Waals surface area (Å²) in [6.07, 6.45) is 0. The molecule has 0 unspecified atom stereocenters. The average Bonchev–Trinajstić information content (AvgIpc) is 0.722. The van der Waals surface area contributed by atoms with Gasteiger partial charge in [0.25, 0.3) is 0 Å². The zero-order valence-electron chi connectivity index (χ0n) is 8.09. The summed E-state index contributed by atoms with van der Waals surface area (Å²) in [6, 6.07) is 0. The van der Waals surface area contributed by atoms with Gasteiger partial charge in [0, 0.05) is 0 Å². The Labute approximate surface area is 130 Å². The van der Waals surface area contributed by atoms with Crippen LogP contribution >= 0.6 is 0 Å². The molecular formula is H5KLiMnNaO4. The minimum atomic E-state index is -5.12. The third-order valence-corrected chi connectivity index (χ3v) is 0. The normalized spacial score (nSPS) is 7.25. The van der Waals surface area contributed by atoms with E-state index in [4.69, 9.17) is 16.0 Å². The van der Waals surface area contributed by atoms with E-state index in [1.54, 1.807) is 0 Å². The molecule has 0 aliphatic carbocycles. The van der Waals surface area contributed by atoms with E-state index in [0.717, 1.165) is 0 Å². The Morgan fingerprint density at radius 2 is 1.25 bits per heavy atom. The molecule has 0 aromatic heterocycles. The predicted octanol–water partition coefficient (Wildman–Crippen LogP) is -10.0. The van der Waals surface area contributed by atoms with E-state index < -0.39 is 13.4 Å². The van der Waals surface area contributed by atoms with E-state index in [9.17, 15) is 0 Å². The molecule has 4 nitrogen and oxygen atoms in total. The van der Waals surface area contributed by atoms with Gasteiger partial charge in [0.05, 0.1) is 0 Å². The van der Waals surface area contributed by atoms with Crippen molar-refractivity contribution in [3.05, 3.63) is 0 Å². The van der Waals surface area contributed by atoms with Crippen molar-refractivity contribution < 1.29 is 133 Å². The van der Waals surface area contributed by atoms with Crippen molar-refractivity contribution in [3.63, 3.8) is 0 Å². The van der Waals surface area contributed by atoms with Crippen LogP contribution < -0.4 is 99.8 Å². The van der Waals surface area contributed by atoms with Gasteiger partial charge in [-0.2, -0.15) is 0 Å². The van der Waals surface area contributed by atoms with Gasteiger partial charge in [-0.1, -0.05) is 0 Å². The first kappa shape index (κ1) is 22.5. The fraction of sp³-hybridized carbons (Fsp3) is 0. The van der Waals surface area contributed by atoms with Gasteiger partial charge >= 0.3 is 129 Å². The molecule has 0 spiro atoms. The second kappa shape index (κ2) is 10.3. The van der Waals surface area contributed by atoms with Crippen molar-refractivity contribution in [2.24, 2.45) is 0 Å². The quantitative estimate of drug-likeness (QED) is 0.374. The van der Waals surface area contributed by atoms with Crippen LogP contribution in [0, 0.1) is 0 Å². The molecule has 8 heavy (non-hydrogen) atoms. The summed E-state index contributed by atoms with van der Waals surface area (Å²) in [5.74, 6) is 0. The van der Waals surface area contributed by atoms with E-state index in [2.05, 4.69) is 0 Å². The van der Waals surface area contributed by atoms with Gasteiger partial charge in [-0.05, 0) is 0 Å². The van der Waals surface area contributed by atoms with Gasteiger partial charge < -0.3 is 4.28 Å². The fourth-order valence-corrected chi connectivity index (χ4v) is 0. The molecule has 39 valence electrons. The van der Waals surface area contributed by atoms with Gasteiger partial charge in [-0.3, -0.25) is 0 Å². The average molecular weight is 193 g/mol. The molecule has 0 saturated carbocycles. The van der Waals surface area contributed by atoms with Gasteiger partial charge in [-0.15, -0.1) is 0 Å². The fourth-order valence-electron chi connectivity index (χ4n) is 0. The maximum atomic E-state index is 8.80. The Hall–Kier alpha value is 3.27. The van der Waals surface area contributed by atoms with Gasteiger partial charge in [0.15, 0.2) is 0 Å². The van der Waals surface area contributed by atoms with E-state index in [-0.39, 0.29) is 104 Å². The Balaban J connectivity index is -0.00000000533. The van der Waals surface area contributed by atoms with Crippen LogP contribution in [0.4, 0.5) is 0 Å². The van der Waals surface area contributed by atoms with Crippen molar-refractivity contribution in [2.45, 2.75) is 0 Å². The van der Waals surface area contributed by atoms with Crippen LogP contribution in [-0.2, 0) is 21.0 Å². The summed E-state index contributed by atoms with van der Waals surface area (Å²) in [7, 11) is 0. The van der Waals surface area contributed by atoms with E-state index in [0.29, 0.717) is 0 Å². The van der Waals surface area contributed by atoms with E-state index >= 15 is 0 Å². The Morgan fingerprint density at radius 1 is 1.25 bits per heavy atom. The molecule has 0 radical (unpaired) electrons. The molecule has 0 saturated heterocycles. The molecule has 0 aliphatic rings. The SMILES string of the molecule is [H-].[H-].[H-].[K+].[Li+].[Na+].[O]=[Mn](=[O])([OH])[OH]. The van der Waals surface area contributed by atoms with Crippen LogP contribution in [0.2, 0.25) is 0 Å². The van der Waals surface area contributed by atoms with Crippen molar-refractivity contribution >= 4 is 0 Å². The molecule has 8 heteroatoms. The van der Waals surface area contributed by atoms with Crippen LogP contribution in [0.5, 0.6) is 0 Å². The molecule has 0 amide bonds. The molecule has 0 rings (SSSR count). The molecule has 0 aromatic carbocycles. The third kappa shape index (κ3) is 59.2. The molecule has 0 heterocycles. The second-order valence-corrected chi connectivity index (χ2v) is 1.71. The van der Waals surface area contributed by atoms with Crippen LogP contribution in [0.15, 0.2) is 0 Å². The molecule has 0 bridgehead atoms. The summed E-state index contributed by atoms with van der Waals surface area (Å²) in [4.78, 5) is 0. The summed E-state index contributed by atoms with van der Waals surface area (Å²) < 4.78 is 31.8. The molecule has 0 aliphatic heterocycles. The zero-order chi connectivity index (χ0) is 4.50. The van der Waals surface area contributed by atoms with Crippen LogP contribution in [0.3, 0.4) is 0 Å². The summed E-state index contributed by atoms with van der Waals surface area (Å²) in [6.45, 7) is 0. The summed E-state index contributed by atoms with van der Waals surface area (Å²) in [5.41, 5.74) is 0. The van der Waals surface area contributed by atoms with Crippen molar-refractivity contribution in [2.75, 3.05) is 0 Å². The first-order chi connectivity index (χ1) is 2.00. The Morgan fingerprint density at radius 3 is 1.25 bits per heavy atom. The standard InChI is InChI=1S/K.Li.Mn.Na.2H2O.2O.3H/h;;;;2*1H2;;;;;/q2*+1;+2;+1;;;;;3*-1/p-2. The van der Waals surface area contributed by atoms with Crippen LogP contribution in [0.1, 0.15) is 4.28 Å². The molecule has 2 N–H and O–H groups in total. The van der Waals surface area contributed by atoms with Gasteiger partial charge in [0.2, 0.25) is 0 Å². The molecular weight excluding hydrogens is 188 g/mol. The van der Waals surface area contributed by atoms with Crippen LogP contribution in [-0.4, -0.2) is 8.38 Å². The third-order valence-electron chi connectivity index (χ3n) is 0.